The molecule has 0 saturated heterocycles. The van der Waals surface area contributed by atoms with Gasteiger partial charge in [0.25, 0.3) is 0 Å². The summed E-state index contributed by atoms with van der Waals surface area (Å²) in [4.78, 5) is 10.3. The van der Waals surface area contributed by atoms with Crippen LogP contribution < -0.4 is 0 Å². The molecule has 0 unspecified atom stereocenters. The van der Waals surface area contributed by atoms with Crippen LogP contribution in [-0.4, -0.2) is 83.2 Å². The van der Waals surface area contributed by atoms with E-state index in [1.807, 2.05) is 0 Å². The topological polar surface area (TPSA) is 112 Å². The standard InChI is InChI=1S/C18H36O2.H2O4S.2Pb.4H/c1-2-3-4-5-6-7-8-9-10-11-12-13-14-15-16-17-18(19)20;1-5(2,3)4;;;;;;/h2-17H2,1H3,(H,19,20);(H2,1,2,3,4);;;;;;. The van der Waals surface area contributed by atoms with Crippen molar-refractivity contribution in [2.75, 3.05) is 0 Å². The summed E-state index contributed by atoms with van der Waals surface area (Å²) in [5.41, 5.74) is 0. The van der Waals surface area contributed by atoms with Gasteiger partial charge in [0.2, 0.25) is 0 Å². The Morgan fingerprint density at radius 3 is 1.07 bits per heavy atom. The van der Waals surface area contributed by atoms with Crippen molar-refractivity contribution in [2.45, 2.75) is 110 Å². The van der Waals surface area contributed by atoms with Crippen molar-refractivity contribution in [3.63, 3.8) is 0 Å². The number of carbonyl (C=O) groups is 1. The van der Waals surface area contributed by atoms with Crippen molar-refractivity contribution in [2.24, 2.45) is 0 Å². The van der Waals surface area contributed by atoms with Gasteiger partial charge >= 0.3 is 71.0 Å². The van der Waals surface area contributed by atoms with Crippen LogP contribution in [0.4, 0.5) is 0 Å². The summed E-state index contributed by atoms with van der Waals surface area (Å²) in [7, 11) is -4.67. The van der Waals surface area contributed by atoms with Crippen molar-refractivity contribution in [1.82, 2.24) is 0 Å². The van der Waals surface area contributed by atoms with Crippen LogP contribution >= 0.6 is 0 Å². The Morgan fingerprint density at radius 1 is 0.630 bits per heavy atom. The summed E-state index contributed by atoms with van der Waals surface area (Å²) in [6.07, 6.45) is 20.2. The molecule has 0 aliphatic heterocycles. The van der Waals surface area contributed by atoms with Crippen molar-refractivity contribution in [3.8, 4) is 0 Å². The molecule has 0 aromatic rings. The Morgan fingerprint density at radius 2 is 0.852 bits per heavy atom. The van der Waals surface area contributed by atoms with Gasteiger partial charge in [-0.2, -0.15) is 8.42 Å². The Bertz CT molecular complexity index is 383. The van der Waals surface area contributed by atoms with Crippen LogP contribution in [0.2, 0.25) is 0 Å². The minimum absolute atomic E-state index is 0. The van der Waals surface area contributed by atoms with Crippen LogP contribution in [0, 0.1) is 0 Å². The Labute approximate surface area is 206 Å². The van der Waals surface area contributed by atoms with E-state index in [0.717, 1.165) is 12.8 Å². The number of aliphatic carboxylic acids is 1. The zero-order chi connectivity index (χ0) is 19.4. The fraction of sp³-hybridized carbons (Fsp3) is 0.944. The van der Waals surface area contributed by atoms with Crippen molar-refractivity contribution in [1.29, 1.82) is 0 Å². The van der Waals surface area contributed by atoms with Crippen LogP contribution in [0.15, 0.2) is 0 Å². The van der Waals surface area contributed by atoms with E-state index in [-0.39, 0.29) is 54.6 Å². The molecule has 0 saturated carbocycles. The van der Waals surface area contributed by atoms with E-state index in [1.54, 1.807) is 0 Å². The predicted octanol–water partition coefficient (Wildman–Crippen LogP) is 3.85. The summed E-state index contributed by atoms with van der Waals surface area (Å²) in [6, 6.07) is 0. The van der Waals surface area contributed by atoms with Gasteiger partial charge in [-0.15, -0.1) is 0 Å². The zero-order valence-electron chi connectivity index (χ0n) is 17.2. The number of hydrogen-bond donors (Lipinski definition) is 3. The Balaban J connectivity index is -0.000000333. The molecule has 0 amide bonds. The van der Waals surface area contributed by atoms with Gasteiger partial charge in [-0.1, -0.05) is 96.8 Å². The SMILES string of the molecule is CCCCCCCCCCCCCCCCCC(=O)O.O=S(=O)(O)O.[PbH2].[PbH2]. The molecule has 0 atom stereocenters. The number of unbranched alkanes of at least 4 members (excludes halogenated alkanes) is 14. The van der Waals surface area contributed by atoms with Gasteiger partial charge in [-0.05, 0) is 6.42 Å². The molecule has 0 aliphatic carbocycles. The molecule has 0 fully saturated rings. The first kappa shape index (κ1) is 35.6. The molecule has 0 aromatic heterocycles. The molecule has 0 bridgehead atoms. The summed E-state index contributed by atoms with van der Waals surface area (Å²) >= 11 is 0. The monoisotopic (exact) mass is 802 g/mol. The van der Waals surface area contributed by atoms with Crippen LogP contribution in [0.5, 0.6) is 0 Å². The number of hydrogen-bond acceptors (Lipinski definition) is 3. The van der Waals surface area contributed by atoms with E-state index in [0.29, 0.717) is 6.42 Å². The second-order valence-corrected chi connectivity index (χ2v) is 7.44. The molecule has 3 N–H and O–H groups in total. The van der Waals surface area contributed by atoms with Crippen LogP contribution in [0.1, 0.15) is 110 Å². The first-order chi connectivity index (χ1) is 11.8. The van der Waals surface area contributed by atoms with Crippen LogP contribution in [-0.2, 0) is 15.2 Å². The fourth-order valence-corrected chi connectivity index (χ4v) is 2.65. The molecule has 27 heavy (non-hydrogen) atoms. The maximum absolute atomic E-state index is 10.3. The van der Waals surface area contributed by atoms with Crippen molar-refractivity contribution in [3.05, 3.63) is 0 Å². The molecule has 0 aliphatic rings. The van der Waals surface area contributed by atoms with Crippen molar-refractivity contribution < 1.29 is 27.4 Å². The molecule has 4 radical (unpaired) electrons. The molecular formula is C18H42O6Pb2S. The summed E-state index contributed by atoms with van der Waals surface area (Å²) in [5, 5.41) is 8.52. The van der Waals surface area contributed by atoms with Crippen LogP contribution in [0.3, 0.4) is 0 Å². The van der Waals surface area contributed by atoms with Gasteiger partial charge < -0.3 is 5.11 Å². The maximum atomic E-state index is 10.3. The van der Waals surface area contributed by atoms with Gasteiger partial charge in [0, 0.05) is 6.42 Å². The van der Waals surface area contributed by atoms with E-state index in [9.17, 15) is 4.79 Å². The second kappa shape index (κ2) is 27.2. The molecule has 9 heteroatoms. The predicted molar refractivity (Wildman–Crippen MR) is 118 cm³/mol. The number of carboxylic acid groups (broad SMARTS) is 1. The van der Waals surface area contributed by atoms with Gasteiger partial charge in [-0.3, -0.25) is 13.9 Å². The first-order valence-electron chi connectivity index (χ1n) is 9.69. The third-order valence-corrected chi connectivity index (χ3v) is 3.99. The van der Waals surface area contributed by atoms with E-state index in [2.05, 4.69) is 6.92 Å². The quantitative estimate of drug-likeness (QED) is 0.124. The van der Waals surface area contributed by atoms with E-state index >= 15 is 0 Å². The van der Waals surface area contributed by atoms with Gasteiger partial charge in [0.15, 0.2) is 0 Å². The normalized spacial score (nSPS) is 10.2. The fourth-order valence-electron chi connectivity index (χ4n) is 2.65. The zero-order valence-corrected chi connectivity index (χ0v) is 29.0. The molecule has 0 heterocycles. The van der Waals surface area contributed by atoms with E-state index in [1.165, 1.54) is 83.5 Å². The molecule has 0 aromatic carbocycles. The number of rotatable bonds is 16. The van der Waals surface area contributed by atoms with Crippen molar-refractivity contribution >= 4 is 71.0 Å². The molecule has 0 spiro atoms. The third-order valence-electron chi connectivity index (χ3n) is 3.99. The molecule has 164 valence electrons. The Hall–Kier alpha value is 1.18. The Kier molecular flexibility index (Phi) is 35.9. The molecule has 6 nitrogen and oxygen atoms in total. The van der Waals surface area contributed by atoms with E-state index < -0.39 is 16.4 Å². The average molecular weight is 801 g/mol. The summed E-state index contributed by atoms with van der Waals surface area (Å²) in [5.74, 6) is -0.653. The minimum atomic E-state index is -4.67. The van der Waals surface area contributed by atoms with Gasteiger partial charge in [0.05, 0.1) is 0 Å². The van der Waals surface area contributed by atoms with Gasteiger partial charge in [-0.25, -0.2) is 0 Å². The van der Waals surface area contributed by atoms with Gasteiger partial charge in [0.1, 0.15) is 0 Å². The summed E-state index contributed by atoms with van der Waals surface area (Å²) in [6.45, 7) is 2.27. The average Bonchev–Trinajstić information content (AvgIpc) is 2.49. The van der Waals surface area contributed by atoms with Crippen LogP contribution in [0.25, 0.3) is 0 Å². The first-order valence-corrected chi connectivity index (χ1v) is 11.1. The number of carboxylic acids is 1. The second-order valence-electron chi connectivity index (χ2n) is 6.54. The van der Waals surface area contributed by atoms with E-state index in [4.69, 9.17) is 22.6 Å². The molecule has 0 rings (SSSR count). The summed E-state index contributed by atoms with van der Waals surface area (Å²) < 4.78 is 31.6. The third kappa shape index (κ3) is 52.1. The molecular weight excluding hydrogens is 759 g/mol.